The molecule has 0 spiro atoms. The molecule has 1 aliphatic rings. The minimum Gasteiger partial charge on any atom is -0.396 e. The van der Waals surface area contributed by atoms with Crippen LogP contribution in [-0.2, 0) is 6.54 Å². The maximum Gasteiger partial charge on any atom is 0.276 e. The highest BCUT2D eigenvalue weighted by atomic mass is 16.3. The van der Waals surface area contributed by atoms with Gasteiger partial charge in [0, 0.05) is 19.3 Å². The van der Waals surface area contributed by atoms with Crippen molar-refractivity contribution in [2.24, 2.45) is 0 Å². The van der Waals surface area contributed by atoms with E-state index in [-0.39, 0.29) is 18.6 Å². The van der Waals surface area contributed by atoms with Crippen LogP contribution < -0.4 is 5.73 Å². The van der Waals surface area contributed by atoms with Crippen LogP contribution in [-0.4, -0.2) is 44.9 Å². The average Bonchev–Trinajstić information content (AvgIpc) is 2.93. The minimum atomic E-state index is -0.175. The number of aliphatic hydroxyl groups excluding tert-OH is 1. The predicted octanol–water partition coefficient (Wildman–Crippen LogP) is 0.0821. The van der Waals surface area contributed by atoms with Gasteiger partial charge in [-0.15, -0.1) is 0 Å². The van der Waals surface area contributed by atoms with Gasteiger partial charge in [-0.05, 0) is 19.8 Å². The van der Waals surface area contributed by atoms with Gasteiger partial charge >= 0.3 is 0 Å². The molecule has 94 valence electrons. The van der Waals surface area contributed by atoms with Crippen molar-refractivity contribution in [1.82, 2.24) is 14.7 Å². The van der Waals surface area contributed by atoms with Gasteiger partial charge in [-0.2, -0.15) is 5.10 Å². The van der Waals surface area contributed by atoms with E-state index in [9.17, 15) is 9.90 Å². The first-order valence-electron chi connectivity index (χ1n) is 5.92. The number of rotatable bonds is 3. The Morgan fingerprint density at radius 3 is 3.06 bits per heavy atom. The van der Waals surface area contributed by atoms with E-state index in [1.807, 2.05) is 6.92 Å². The summed E-state index contributed by atoms with van der Waals surface area (Å²) in [4.78, 5) is 13.9. The number of nitrogens with zero attached hydrogens (tertiary/aromatic N) is 3. The van der Waals surface area contributed by atoms with Crippen LogP contribution in [0.25, 0.3) is 0 Å². The lowest BCUT2D eigenvalue weighted by atomic mass is 10.2. The van der Waals surface area contributed by atoms with E-state index in [2.05, 4.69) is 5.10 Å². The number of nitrogen functional groups attached to an aromatic ring is 1. The number of carbonyl (C=O) groups is 1. The number of aliphatic hydroxyl groups is 1. The number of amides is 1. The summed E-state index contributed by atoms with van der Waals surface area (Å²) in [5.74, 6) is -0.175. The van der Waals surface area contributed by atoms with E-state index in [1.54, 1.807) is 15.8 Å². The van der Waals surface area contributed by atoms with Crippen LogP contribution >= 0.6 is 0 Å². The van der Waals surface area contributed by atoms with Crippen LogP contribution in [0.15, 0.2) is 6.20 Å². The Hall–Kier alpha value is -1.56. The highest BCUT2D eigenvalue weighted by Crippen LogP contribution is 2.21. The first-order chi connectivity index (χ1) is 8.17. The molecule has 1 amide bonds. The molecule has 0 saturated carbocycles. The molecular weight excluding hydrogens is 220 g/mol. The van der Waals surface area contributed by atoms with Crippen molar-refractivity contribution in [3.05, 3.63) is 11.9 Å². The fraction of sp³-hybridized carbons (Fsp3) is 0.636. The van der Waals surface area contributed by atoms with Crippen LogP contribution in [0.1, 0.15) is 30.3 Å². The van der Waals surface area contributed by atoms with Gasteiger partial charge in [0.15, 0.2) is 5.69 Å². The molecule has 2 heterocycles. The lowest BCUT2D eigenvalue weighted by molar-refractivity contribution is 0.0672. The molecule has 17 heavy (non-hydrogen) atoms. The minimum absolute atomic E-state index is 0.000130. The largest absolute Gasteiger partial charge is 0.396 e. The van der Waals surface area contributed by atoms with E-state index in [0.29, 0.717) is 24.5 Å². The molecule has 1 atom stereocenters. The molecule has 1 aromatic heterocycles. The van der Waals surface area contributed by atoms with Gasteiger partial charge in [0.05, 0.1) is 18.3 Å². The SMILES string of the molecule is CCn1cc(N)c(C(=O)N2CCC[C@H]2CO)n1. The van der Waals surface area contributed by atoms with Gasteiger partial charge in [0.1, 0.15) is 0 Å². The third kappa shape index (κ3) is 2.12. The summed E-state index contributed by atoms with van der Waals surface area (Å²) in [6.45, 7) is 3.29. The second-order valence-electron chi connectivity index (χ2n) is 4.27. The molecule has 1 aliphatic heterocycles. The van der Waals surface area contributed by atoms with Crippen LogP contribution in [0.4, 0.5) is 5.69 Å². The van der Waals surface area contributed by atoms with Crippen LogP contribution in [0.3, 0.4) is 0 Å². The summed E-state index contributed by atoms with van der Waals surface area (Å²) in [6.07, 6.45) is 3.43. The van der Waals surface area contributed by atoms with Crippen LogP contribution in [0.2, 0.25) is 0 Å². The highest BCUT2D eigenvalue weighted by molar-refractivity contribution is 5.97. The number of anilines is 1. The number of nitrogens with two attached hydrogens (primary N) is 1. The molecule has 0 bridgehead atoms. The first kappa shape index (κ1) is 11.9. The van der Waals surface area contributed by atoms with Crippen molar-refractivity contribution in [3.63, 3.8) is 0 Å². The highest BCUT2D eigenvalue weighted by Gasteiger charge is 2.31. The number of hydrogen-bond acceptors (Lipinski definition) is 4. The molecule has 0 aliphatic carbocycles. The second kappa shape index (κ2) is 4.75. The maximum atomic E-state index is 12.2. The van der Waals surface area contributed by atoms with Gasteiger partial charge in [-0.3, -0.25) is 9.48 Å². The first-order valence-corrected chi connectivity index (χ1v) is 5.92. The van der Waals surface area contributed by atoms with Gasteiger partial charge < -0.3 is 15.7 Å². The third-order valence-corrected chi connectivity index (χ3v) is 3.17. The fourth-order valence-corrected chi connectivity index (χ4v) is 2.19. The number of carbonyl (C=O) groups excluding carboxylic acids is 1. The molecule has 3 N–H and O–H groups in total. The smallest absolute Gasteiger partial charge is 0.276 e. The standard InChI is InChI=1S/C11H18N4O2/c1-2-14-6-9(12)10(13-14)11(17)15-5-3-4-8(15)7-16/h6,8,16H,2-5,7,12H2,1H3/t8-/m0/s1. The van der Waals surface area contributed by atoms with Gasteiger partial charge in [-0.1, -0.05) is 0 Å². The van der Waals surface area contributed by atoms with Crippen molar-refractivity contribution >= 4 is 11.6 Å². The van der Waals surface area contributed by atoms with Gasteiger partial charge in [0.2, 0.25) is 0 Å². The number of hydrogen-bond donors (Lipinski definition) is 2. The Balaban J connectivity index is 2.21. The number of aromatic nitrogens is 2. The Labute approximate surface area is 100 Å². The predicted molar refractivity (Wildman–Crippen MR) is 63.5 cm³/mol. The molecule has 1 aromatic rings. The van der Waals surface area contributed by atoms with E-state index in [4.69, 9.17) is 5.73 Å². The third-order valence-electron chi connectivity index (χ3n) is 3.17. The fourth-order valence-electron chi connectivity index (χ4n) is 2.19. The lowest BCUT2D eigenvalue weighted by Gasteiger charge is -2.22. The van der Waals surface area contributed by atoms with Crippen molar-refractivity contribution < 1.29 is 9.90 Å². The summed E-state index contributed by atoms with van der Waals surface area (Å²) in [7, 11) is 0. The zero-order valence-corrected chi connectivity index (χ0v) is 9.96. The van der Waals surface area contributed by atoms with Crippen LogP contribution in [0.5, 0.6) is 0 Å². The van der Waals surface area contributed by atoms with E-state index in [1.165, 1.54) is 0 Å². The Bertz CT molecular complexity index is 416. The summed E-state index contributed by atoms with van der Waals surface area (Å²) in [6, 6.07) is -0.0892. The molecular formula is C11H18N4O2. The summed E-state index contributed by atoms with van der Waals surface area (Å²) in [5, 5.41) is 13.4. The Morgan fingerprint density at radius 2 is 2.47 bits per heavy atom. The number of aryl methyl sites for hydroxylation is 1. The molecule has 2 rings (SSSR count). The molecule has 1 fully saturated rings. The molecule has 6 heteroatoms. The second-order valence-corrected chi connectivity index (χ2v) is 4.27. The van der Waals surface area contributed by atoms with Crippen molar-refractivity contribution in [2.75, 3.05) is 18.9 Å². The average molecular weight is 238 g/mol. The molecule has 0 aromatic carbocycles. The summed E-state index contributed by atoms with van der Waals surface area (Å²) >= 11 is 0. The van der Waals surface area contributed by atoms with Crippen molar-refractivity contribution in [2.45, 2.75) is 32.4 Å². The zero-order valence-electron chi connectivity index (χ0n) is 9.96. The maximum absolute atomic E-state index is 12.2. The van der Waals surface area contributed by atoms with Gasteiger partial charge in [0.25, 0.3) is 5.91 Å². The monoisotopic (exact) mass is 238 g/mol. The normalized spacial score (nSPS) is 19.9. The quantitative estimate of drug-likeness (QED) is 0.781. The molecule has 1 saturated heterocycles. The van der Waals surface area contributed by atoms with E-state index in [0.717, 1.165) is 12.8 Å². The Kier molecular flexibility index (Phi) is 3.33. The topological polar surface area (TPSA) is 84.4 Å². The van der Waals surface area contributed by atoms with Crippen LogP contribution in [0, 0.1) is 0 Å². The summed E-state index contributed by atoms with van der Waals surface area (Å²) < 4.78 is 1.65. The van der Waals surface area contributed by atoms with Crippen molar-refractivity contribution in [1.29, 1.82) is 0 Å². The summed E-state index contributed by atoms with van der Waals surface area (Å²) in [5.41, 5.74) is 6.48. The van der Waals surface area contributed by atoms with E-state index >= 15 is 0 Å². The lowest BCUT2D eigenvalue weighted by Crippen LogP contribution is -2.38. The molecule has 0 radical (unpaired) electrons. The zero-order chi connectivity index (χ0) is 12.4. The van der Waals surface area contributed by atoms with Gasteiger partial charge in [-0.25, -0.2) is 0 Å². The number of likely N-dealkylation sites (tertiary alicyclic amines) is 1. The Morgan fingerprint density at radius 1 is 1.71 bits per heavy atom. The van der Waals surface area contributed by atoms with Crippen molar-refractivity contribution in [3.8, 4) is 0 Å². The molecule has 6 nitrogen and oxygen atoms in total. The van der Waals surface area contributed by atoms with E-state index < -0.39 is 0 Å². The molecule has 0 unspecified atom stereocenters.